The van der Waals surface area contributed by atoms with Crippen molar-refractivity contribution < 1.29 is 18.0 Å². The standard InChI is InChI=1S/C27H28Cl2IN3O4S/c1-3-25(27(35)31-4-2)32(17-22-23(28)11-8-12-24(22)29)26(34)18-33(20-15-13-19(30)14-16-20)38(36,37)21-9-6-5-7-10-21/h5-16,25H,3-4,17-18H2,1-2H3,(H,31,35)/t25-/m1/s1. The van der Waals surface area contributed by atoms with Gasteiger partial charge in [0.2, 0.25) is 11.8 Å². The Labute approximate surface area is 247 Å². The first-order valence-corrected chi connectivity index (χ1v) is 15.2. The molecule has 7 nitrogen and oxygen atoms in total. The molecule has 3 aromatic rings. The Hall–Kier alpha value is -2.34. The van der Waals surface area contributed by atoms with Gasteiger partial charge in [-0.05, 0) is 84.5 Å². The third-order valence-electron chi connectivity index (χ3n) is 5.85. The third kappa shape index (κ3) is 7.19. The van der Waals surface area contributed by atoms with Gasteiger partial charge >= 0.3 is 0 Å². The monoisotopic (exact) mass is 687 g/mol. The SMILES string of the molecule is CCNC(=O)[C@@H](CC)N(Cc1c(Cl)cccc1Cl)C(=O)CN(c1ccc(I)cc1)S(=O)(=O)c1ccccc1. The molecule has 0 unspecified atom stereocenters. The van der Waals surface area contributed by atoms with Crippen LogP contribution in [-0.4, -0.2) is 44.3 Å². The number of carbonyl (C=O) groups is 2. The molecule has 0 saturated heterocycles. The summed E-state index contributed by atoms with van der Waals surface area (Å²) in [6.45, 7) is 3.34. The molecule has 0 aromatic heterocycles. The van der Waals surface area contributed by atoms with Crippen LogP contribution in [0.25, 0.3) is 0 Å². The summed E-state index contributed by atoms with van der Waals surface area (Å²) in [5.74, 6) is -0.921. The minimum absolute atomic E-state index is 0.0443. The molecule has 1 atom stereocenters. The maximum absolute atomic E-state index is 14.0. The number of sulfonamides is 1. The zero-order valence-electron chi connectivity index (χ0n) is 20.9. The van der Waals surface area contributed by atoms with Crippen molar-refractivity contribution in [3.8, 4) is 0 Å². The van der Waals surface area contributed by atoms with E-state index >= 15 is 0 Å². The van der Waals surface area contributed by atoms with Crippen LogP contribution in [0.3, 0.4) is 0 Å². The van der Waals surface area contributed by atoms with E-state index in [0.29, 0.717) is 34.3 Å². The van der Waals surface area contributed by atoms with E-state index in [0.717, 1.165) is 7.88 Å². The first-order chi connectivity index (χ1) is 18.1. The lowest BCUT2D eigenvalue weighted by molar-refractivity contribution is -0.140. The average Bonchev–Trinajstić information content (AvgIpc) is 2.90. The second kappa shape index (κ2) is 13.6. The van der Waals surface area contributed by atoms with Crippen LogP contribution in [0, 0.1) is 3.57 Å². The summed E-state index contributed by atoms with van der Waals surface area (Å²) >= 11 is 14.9. The van der Waals surface area contributed by atoms with Gasteiger partial charge in [-0.2, -0.15) is 0 Å². The molecular weight excluding hydrogens is 660 g/mol. The molecular formula is C27H28Cl2IN3O4S. The second-order valence-electron chi connectivity index (χ2n) is 8.34. The van der Waals surface area contributed by atoms with E-state index in [4.69, 9.17) is 23.2 Å². The van der Waals surface area contributed by atoms with Gasteiger partial charge in [0, 0.05) is 32.3 Å². The third-order valence-corrected chi connectivity index (χ3v) is 9.07. The van der Waals surface area contributed by atoms with Crippen LogP contribution in [0.1, 0.15) is 25.8 Å². The molecule has 38 heavy (non-hydrogen) atoms. The van der Waals surface area contributed by atoms with Gasteiger partial charge < -0.3 is 10.2 Å². The number of anilines is 1. The van der Waals surface area contributed by atoms with E-state index in [1.165, 1.54) is 17.0 Å². The zero-order valence-corrected chi connectivity index (χ0v) is 25.4. The van der Waals surface area contributed by atoms with E-state index in [2.05, 4.69) is 27.9 Å². The fourth-order valence-electron chi connectivity index (χ4n) is 3.92. The molecule has 0 radical (unpaired) electrons. The summed E-state index contributed by atoms with van der Waals surface area (Å²) in [5.41, 5.74) is 0.795. The van der Waals surface area contributed by atoms with Gasteiger partial charge in [0.05, 0.1) is 10.6 Å². The molecule has 0 heterocycles. The number of nitrogens with zero attached hydrogens (tertiary/aromatic N) is 2. The quantitative estimate of drug-likeness (QED) is 0.261. The Morgan fingerprint density at radius 3 is 2.08 bits per heavy atom. The summed E-state index contributed by atoms with van der Waals surface area (Å²) < 4.78 is 29.5. The normalized spacial score (nSPS) is 12.0. The highest BCUT2D eigenvalue weighted by Crippen LogP contribution is 2.29. The van der Waals surface area contributed by atoms with Gasteiger partial charge in [0.25, 0.3) is 10.0 Å². The van der Waals surface area contributed by atoms with Crippen molar-refractivity contribution >= 4 is 73.3 Å². The van der Waals surface area contributed by atoms with Crippen molar-refractivity contribution in [2.24, 2.45) is 0 Å². The number of halogens is 3. The molecule has 3 rings (SSSR count). The van der Waals surface area contributed by atoms with Crippen LogP contribution in [-0.2, 0) is 26.2 Å². The lowest BCUT2D eigenvalue weighted by Gasteiger charge is -2.33. The second-order valence-corrected chi connectivity index (χ2v) is 12.3. The Morgan fingerprint density at radius 2 is 1.53 bits per heavy atom. The Kier molecular flexibility index (Phi) is 10.8. The Bertz CT molecular complexity index is 1350. The molecule has 202 valence electrons. The van der Waals surface area contributed by atoms with Gasteiger partial charge in [-0.1, -0.05) is 54.4 Å². The predicted molar refractivity (Wildman–Crippen MR) is 160 cm³/mol. The molecule has 0 bridgehead atoms. The first-order valence-electron chi connectivity index (χ1n) is 11.9. The average molecular weight is 688 g/mol. The number of rotatable bonds is 11. The van der Waals surface area contributed by atoms with Crippen LogP contribution < -0.4 is 9.62 Å². The number of amides is 2. The molecule has 0 saturated carbocycles. The minimum atomic E-state index is -4.12. The van der Waals surface area contributed by atoms with Crippen LogP contribution in [0.15, 0.2) is 77.7 Å². The smallest absolute Gasteiger partial charge is 0.264 e. The number of carbonyl (C=O) groups excluding carboxylic acids is 2. The van der Waals surface area contributed by atoms with Crippen LogP contribution >= 0.6 is 45.8 Å². The highest BCUT2D eigenvalue weighted by atomic mass is 127. The summed E-state index contributed by atoms with van der Waals surface area (Å²) in [7, 11) is -4.12. The van der Waals surface area contributed by atoms with E-state index in [1.54, 1.807) is 74.5 Å². The highest BCUT2D eigenvalue weighted by Gasteiger charge is 2.34. The molecule has 11 heteroatoms. The van der Waals surface area contributed by atoms with Crippen molar-refractivity contribution in [3.63, 3.8) is 0 Å². The topological polar surface area (TPSA) is 86.8 Å². The van der Waals surface area contributed by atoms with Crippen molar-refractivity contribution in [2.75, 3.05) is 17.4 Å². The maximum atomic E-state index is 14.0. The predicted octanol–water partition coefficient (Wildman–Crippen LogP) is 5.74. The van der Waals surface area contributed by atoms with Crippen LogP contribution in [0.4, 0.5) is 5.69 Å². The zero-order chi connectivity index (χ0) is 27.9. The molecule has 0 aliphatic heterocycles. The molecule has 0 aliphatic carbocycles. The molecule has 0 fully saturated rings. The van der Waals surface area contributed by atoms with Crippen molar-refractivity contribution in [2.45, 2.75) is 37.8 Å². The van der Waals surface area contributed by atoms with E-state index < -0.39 is 28.5 Å². The largest absolute Gasteiger partial charge is 0.355 e. The fourth-order valence-corrected chi connectivity index (χ4v) is 6.23. The summed E-state index contributed by atoms with van der Waals surface area (Å²) in [6, 6.07) is 18.8. The summed E-state index contributed by atoms with van der Waals surface area (Å²) in [4.78, 5) is 28.3. The number of benzene rings is 3. The van der Waals surface area contributed by atoms with Gasteiger partial charge in [0.15, 0.2) is 0 Å². The van der Waals surface area contributed by atoms with E-state index in [9.17, 15) is 18.0 Å². The van der Waals surface area contributed by atoms with Gasteiger partial charge in [-0.15, -0.1) is 0 Å². The molecule has 1 N–H and O–H groups in total. The van der Waals surface area contributed by atoms with E-state index in [1.807, 2.05) is 0 Å². The van der Waals surface area contributed by atoms with Crippen LogP contribution in [0.2, 0.25) is 10.0 Å². The maximum Gasteiger partial charge on any atom is 0.264 e. The van der Waals surface area contributed by atoms with Crippen molar-refractivity contribution in [1.82, 2.24) is 10.2 Å². The number of hydrogen-bond donors (Lipinski definition) is 1. The Morgan fingerprint density at radius 1 is 0.921 bits per heavy atom. The minimum Gasteiger partial charge on any atom is -0.355 e. The van der Waals surface area contributed by atoms with Gasteiger partial charge in [0.1, 0.15) is 12.6 Å². The van der Waals surface area contributed by atoms with Crippen LogP contribution in [0.5, 0.6) is 0 Å². The fraction of sp³-hybridized carbons (Fsp3) is 0.259. The number of nitrogens with one attached hydrogen (secondary N) is 1. The molecule has 0 spiro atoms. The summed E-state index contributed by atoms with van der Waals surface area (Å²) in [5, 5.41) is 3.44. The van der Waals surface area contributed by atoms with Gasteiger partial charge in [-0.3, -0.25) is 13.9 Å². The molecule has 0 aliphatic rings. The summed E-state index contributed by atoms with van der Waals surface area (Å²) in [6.07, 6.45) is 0.300. The van der Waals surface area contributed by atoms with Crippen molar-refractivity contribution in [3.05, 3.63) is 92.0 Å². The number of likely N-dealkylation sites (N-methyl/N-ethyl adjacent to an activating group) is 1. The van der Waals surface area contributed by atoms with E-state index in [-0.39, 0.29) is 17.3 Å². The Balaban J connectivity index is 2.08. The van der Waals surface area contributed by atoms with Gasteiger partial charge in [-0.25, -0.2) is 8.42 Å². The van der Waals surface area contributed by atoms with Crippen molar-refractivity contribution in [1.29, 1.82) is 0 Å². The molecule has 2 amide bonds. The highest BCUT2D eigenvalue weighted by molar-refractivity contribution is 14.1. The number of hydrogen-bond acceptors (Lipinski definition) is 4. The lowest BCUT2D eigenvalue weighted by Crippen LogP contribution is -2.52. The first kappa shape index (κ1) is 30.2. The lowest BCUT2D eigenvalue weighted by atomic mass is 10.1. The molecule has 3 aromatic carbocycles.